The smallest absolute Gasteiger partial charge is 0.205 e. The molecule has 0 aliphatic heterocycles. The second-order valence-electron chi connectivity index (χ2n) is 7.53. The van der Waals surface area contributed by atoms with Crippen molar-refractivity contribution in [1.29, 1.82) is 0 Å². The van der Waals surface area contributed by atoms with Crippen molar-refractivity contribution in [3.05, 3.63) is 36.7 Å². The van der Waals surface area contributed by atoms with Gasteiger partial charge in [0.25, 0.3) is 0 Å². The molecule has 3 heteroatoms. The minimum atomic E-state index is -3.50. The van der Waals surface area contributed by atoms with Crippen LogP contribution in [-0.2, 0) is 0 Å². The zero-order valence-corrected chi connectivity index (χ0v) is 14.9. The monoisotopic (exact) mass is 340 g/mol. The molecular weight excluding hydrogens is 309 g/mol. The fourth-order valence-electron chi connectivity index (χ4n) is 4.78. The van der Waals surface area contributed by atoms with Crippen LogP contribution in [0, 0.1) is 10.8 Å². The molecule has 0 aromatic heterocycles. The highest BCUT2D eigenvalue weighted by molar-refractivity contribution is 5.36. The maximum atomic E-state index is 15.0. The molecule has 136 valence electrons. The lowest BCUT2D eigenvalue weighted by Crippen LogP contribution is -2.53. The van der Waals surface area contributed by atoms with E-state index in [2.05, 4.69) is 13.5 Å². The van der Waals surface area contributed by atoms with E-state index in [1.165, 1.54) is 31.1 Å². The SMILES string of the molecule is C=CC1(C2(CCCCCCC)CCCCC2)C=CC=C(F)C1(F)F. The Balaban J connectivity index is 2.29. The first-order chi connectivity index (χ1) is 11.5. The molecule has 2 aliphatic rings. The van der Waals surface area contributed by atoms with Crippen molar-refractivity contribution in [2.24, 2.45) is 10.8 Å². The molecule has 1 atom stereocenters. The molecule has 0 aromatic rings. The predicted octanol–water partition coefficient (Wildman–Crippen LogP) is 7.53. The number of hydrogen-bond donors (Lipinski definition) is 0. The van der Waals surface area contributed by atoms with Crippen LogP contribution in [0.15, 0.2) is 36.7 Å². The topological polar surface area (TPSA) is 0 Å². The minimum absolute atomic E-state index is 0.579. The summed E-state index contributed by atoms with van der Waals surface area (Å²) in [7, 11) is 0. The van der Waals surface area contributed by atoms with Crippen LogP contribution >= 0.6 is 0 Å². The summed E-state index contributed by atoms with van der Waals surface area (Å²) in [5.41, 5.74) is -2.17. The van der Waals surface area contributed by atoms with Gasteiger partial charge in [0, 0.05) is 0 Å². The highest BCUT2D eigenvalue weighted by atomic mass is 19.3. The van der Waals surface area contributed by atoms with Gasteiger partial charge in [0.05, 0.1) is 5.41 Å². The van der Waals surface area contributed by atoms with Crippen molar-refractivity contribution >= 4 is 0 Å². The van der Waals surface area contributed by atoms with Crippen LogP contribution in [-0.4, -0.2) is 5.92 Å². The summed E-state index contributed by atoms with van der Waals surface area (Å²) in [6, 6.07) is 0. The maximum absolute atomic E-state index is 15.0. The predicted molar refractivity (Wildman–Crippen MR) is 94.8 cm³/mol. The van der Waals surface area contributed by atoms with Gasteiger partial charge in [0.2, 0.25) is 0 Å². The molecule has 24 heavy (non-hydrogen) atoms. The van der Waals surface area contributed by atoms with Crippen molar-refractivity contribution in [1.82, 2.24) is 0 Å². The summed E-state index contributed by atoms with van der Waals surface area (Å²) < 4.78 is 44.1. The average Bonchev–Trinajstić information content (AvgIpc) is 2.58. The molecule has 0 saturated heterocycles. The number of alkyl halides is 2. The van der Waals surface area contributed by atoms with Gasteiger partial charge in [-0.2, -0.15) is 8.78 Å². The van der Waals surface area contributed by atoms with Crippen molar-refractivity contribution in [3.63, 3.8) is 0 Å². The van der Waals surface area contributed by atoms with Gasteiger partial charge in [-0.1, -0.05) is 76.5 Å². The first-order valence-corrected chi connectivity index (χ1v) is 9.53. The molecule has 0 spiro atoms. The number of unbranched alkanes of at least 4 members (excludes halogenated alkanes) is 4. The van der Waals surface area contributed by atoms with Gasteiger partial charge < -0.3 is 0 Å². The lowest BCUT2D eigenvalue weighted by atomic mass is 9.51. The van der Waals surface area contributed by atoms with E-state index in [1.54, 1.807) is 0 Å². The van der Waals surface area contributed by atoms with E-state index >= 15 is 8.78 Å². The molecule has 0 heterocycles. The zero-order chi connectivity index (χ0) is 17.7. The van der Waals surface area contributed by atoms with Gasteiger partial charge in [-0.3, -0.25) is 0 Å². The Labute approximate surface area is 144 Å². The van der Waals surface area contributed by atoms with E-state index in [1.807, 2.05) is 0 Å². The van der Waals surface area contributed by atoms with E-state index < -0.39 is 22.6 Å². The fourth-order valence-corrected chi connectivity index (χ4v) is 4.78. The van der Waals surface area contributed by atoms with Crippen LogP contribution in [0.2, 0.25) is 0 Å². The van der Waals surface area contributed by atoms with Gasteiger partial charge in [0.1, 0.15) is 0 Å². The number of rotatable bonds is 8. The van der Waals surface area contributed by atoms with Gasteiger partial charge in [-0.15, -0.1) is 6.58 Å². The van der Waals surface area contributed by atoms with E-state index in [-0.39, 0.29) is 0 Å². The summed E-state index contributed by atoms with van der Waals surface area (Å²) >= 11 is 0. The first kappa shape index (κ1) is 19.3. The summed E-state index contributed by atoms with van der Waals surface area (Å²) in [5, 5.41) is 0. The minimum Gasteiger partial charge on any atom is -0.205 e. The molecule has 1 saturated carbocycles. The van der Waals surface area contributed by atoms with E-state index in [9.17, 15) is 4.39 Å². The Bertz CT molecular complexity index is 483. The quantitative estimate of drug-likeness (QED) is 0.316. The molecule has 0 N–H and O–H groups in total. The number of allylic oxidation sites excluding steroid dienone is 5. The average molecular weight is 340 g/mol. The van der Waals surface area contributed by atoms with E-state index in [4.69, 9.17) is 0 Å². The fraction of sp³-hybridized carbons (Fsp3) is 0.714. The second kappa shape index (κ2) is 7.93. The van der Waals surface area contributed by atoms with Crippen molar-refractivity contribution in [2.45, 2.75) is 83.5 Å². The Morgan fingerprint density at radius 1 is 1.08 bits per heavy atom. The van der Waals surface area contributed by atoms with Gasteiger partial charge in [-0.25, -0.2) is 4.39 Å². The third kappa shape index (κ3) is 3.23. The molecule has 2 aliphatic carbocycles. The number of halogens is 3. The van der Waals surface area contributed by atoms with Crippen LogP contribution < -0.4 is 0 Å². The van der Waals surface area contributed by atoms with Crippen LogP contribution in [0.3, 0.4) is 0 Å². The van der Waals surface area contributed by atoms with Gasteiger partial charge in [0.15, 0.2) is 5.83 Å². The normalized spacial score (nSPS) is 28.4. The standard InChI is InChI=1S/C21H31F3/c1-3-5-6-7-9-14-19(15-10-8-11-16-19)20(4-2)17-12-13-18(22)21(20,23)24/h4,12-13,17H,2-3,5-11,14-16H2,1H3. The molecule has 0 amide bonds. The Morgan fingerprint density at radius 2 is 1.75 bits per heavy atom. The molecule has 0 bridgehead atoms. The summed E-state index contributed by atoms with van der Waals surface area (Å²) in [6.45, 7) is 5.90. The summed E-state index contributed by atoms with van der Waals surface area (Å²) in [6.07, 6.45) is 15.9. The molecular formula is C21H31F3. The molecule has 0 nitrogen and oxygen atoms in total. The summed E-state index contributed by atoms with van der Waals surface area (Å²) in [4.78, 5) is 0. The summed E-state index contributed by atoms with van der Waals surface area (Å²) in [5.74, 6) is -4.81. The van der Waals surface area contributed by atoms with E-state index in [0.717, 1.165) is 63.9 Å². The molecule has 0 radical (unpaired) electrons. The number of hydrogen-bond acceptors (Lipinski definition) is 0. The highest BCUT2D eigenvalue weighted by Crippen LogP contribution is 2.63. The van der Waals surface area contributed by atoms with Crippen LogP contribution in [0.4, 0.5) is 13.2 Å². The van der Waals surface area contributed by atoms with Crippen molar-refractivity contribution in [2.75, 3.05) is 0 Å². The van der Waals surface area contributed by atoms with Crippen LogP contribution in [0.5, 0.6) is 0 Å². The third-order valence-electron chi connectivity index (χ3n) is 6.19. The first-order valence-electron chi connectivity index (χ1n) is 9.53. The Morgan fingerprint density at radius 3 is 2.38 bits per heavy atom. The zero-order valence-electron chi connectivity index (χ0n) is 14.9. The maximum Gasteiger partial charge on any atom is 0.311 e. The Hall–Kier alpha value is -0.990. The lowest BCUT2D eigenvalue weighted by molar-refractivity contribution is -0.134. The lowest BCUT2D eigenvalue weighted by Gasteiger charge is -2.54. The molecule has 1 fully saturated rings. The van der Waals surface area contributed by atoms with Crippen LogP contribution in [0.1, 0.15) is 77.6 Å². The molecule has 1 unspecified atom stereocenters. The Kier molecular flexibility index (Phi) is 6.39. The molecule has 0 aromatic carbocycles. The highest BCUT2D eigenvalue weighted by Gasteiger charge is 2.64. The van der Waals surface area contributed by atoms with Crippen molar-refractivity contribution in [3.8, 4) is 0 Å². The largest absolute Gasteiger partial charge is 0.311 e. The second-order valence-corrected chi connectivity index (χ2v) is 7.53. The van der Waals surface area contributed by atoms with Gasteiger partial charge >= 0.3 is 5.92 Å². The molecule has 2 rings (SSSR count). The van der Waals surface area contributed by atoms with Crippen molar-refractivity contribution < 1.29 is 13.2 Å². The van der Waals surface area contributed by atoms with Gasteiger partial charge in [-0.05, 0) is 30.8 Å². The van der Waals surface area contributed by atoms with E-state index in [0.29, 0.717) is 0 Å². The van der Waals surface area contributed by atoms with Crippen LogP contribution in [0.25, 0.3) is 0 Å². The third-order valence-corrected chi connectivity index (χ3v) is 6.19.